The van der Waals surface area contributed by atoms with Crippen LogP contribution in [0.4, 0.5) is 5.69 Å². The summed E-state index contributed by atoms with van der Waals surface area (Å²) in [5.41, 5.74) is 16.6. The molecule has 0 spiro atoms. The van der Waals surface area contributed by atoms with Crippen LogP contribution in [0, 0.1) is 39.0 Å². The molecule has 1 atom stereocenters. The summed E-state index contributed by atoms with van der Waals surface area (Å²) in [6.45, 7) is 8.34. The number of aryl methyl sites for hydroxylation is 4. The maximum Gasteiger partial charge on any atom is 0.161 e. The third-order valence-electron chi connectivity index (χ3n) is 7.62. The summed E-state index contributed by atoms with van der Waals surface area (Å²) < 4.78 is 0. The van der Waals surface area contributed by atoms with Crippen LogP contribution < -0.4 is 10.6 Å². The Morgan fingerprint density at radius 1 is 0.974 bits per heavy atom. The highest BCUT2D eigenvalue weighted by Crippen LogP contribution is 2.47. The molecule has 1 heterocycles. The van der Waals surface area contributed by atoms with E-state index in [-0.39, 0.29) is 5.78 Å². The van der Waals surface area contributed by atoms with Crippen LogP contribution in [0.25, 0.3) is 0 Å². The van der Waals surface area contributed by atoms with Crippen LogP contribution in [0.2, 0.25) is 0 Å². The molecule has 38 heavy (non-hydrogen) atoms. The summed E-state index contributed by atoms with van der Waals surface area (Å²) in [5.74, 6) is 0.898. The van der Waals surface area contributed by atoms with Crippen LogP contribution in [0.5, 0.6) is 0 Å². The highest BCUT2D eigenvalue weighted by molar-refractivity contribution is 7.98. The van der Waals surface area contributed by atoms with Crippen molar-refractivity contribution < 1.29 is 4.79 Å². The van der Waals surface area contributed by atoms with Gasteiger partial charge in [-0.05, 0) is 92.6 Å². The minimum atomic E-state index is -0.451. The zero-order chi connectivity index (χ0) is 27.0. The summed E-state index contributed by atoms with van der Waals surface area (Å²) in [7, 11) is 0. The Hall–Kier alpha value is -3.75. The average molecular weight is 520 g/mol. The van der Waals surface area contributed by atoms with Crippen molar-refractivity contribution in [3.05, 3.63) is 117 Å². The molecule has 192 valence electrons. The molecule has 5 rings (SSSR count). The van der Waals surface area contributed by atoms with Crippen molar-refractivity contribution in [3.63, 3.8) is 0 Å². The maximum absolute atomic E-state index is 13.6. The van der Waals surface area contributed by atoms with Crippen molar-refractivity contribution in [2.45, 2.75) is 63.5 Å². The van der Waals surface area contributed by atoms with Gasteiger partial charge in [0.15, 0.2) is 5.78 Å². The lowest BCUT2D eigenvalue weighted by Gasteiger charge is -2.40. The van der Waals surface area contributed by atoms with Crippen molar-refractivity contribution in [3.8, 4) is 6.07 Å². The molecule has 0 saturated carbocycles. The van der Waals surface area contributed by atoms with Crippen LogP contribution in [-0.2, 0) is 10.5 Å². The lowest BCUT2D eigenvalue weighted by Crippen LogP contribution is -2.39. The molecular weight excluding hydrogens is 486 g/mol. The normalized spacial score (nSPS) is 17.5. The van der Waals surface area contributed by atoms with Crippen LogP contribution in [0.1, 0.15) is 58.6 Å². The van der Waals surface area contributed by atoms with Crippen molar-refractivity contribution in [2.24, 2.45) is 5.73 Å². The van der Waals surface area contributed by atoms with Gasteiger partial charge in [0.2, 0.25) is 0 Å². The second kappa shape index (κ2) is 10.6. The summed E-state index contributed by atoms with van der Waals surface area (Å²) in [6, 6.07) is 23.5. The van der Waals surface area contributed by atoms with E-state index < -0.39 is 5.92 Å². The van der Waals surface area contributed by atoms with Crippen molar-refractivity contribution >= 4 is 23.2 Å². The summed E-state index contributed by atoms with van der Waals surface area (Å²) in [5, 5.41) is 10.4. The van der Waals surface area contributed by atoms with E-state index in [4.69, 9.17) is 5.73 Å². The molecule has 3 aromatic rings. The van der Waals surface area contributed by atoms with E-state index in [1.165, 1.54) is 21.6 Å². The molecule has 1 aliphatic carbocycles. The molecule has 0 bridgehead atoms. The standard InChI is InChI=1S/C33H33N3OS/c1-20-11-13-26(14-12-20)38-19-24-17-27(23(4)16-22(24)3)31-28(18-34)33(35)36(25-8-5-7-21(2)15-25)29-9-6-10-30(37)32(29)31/h5,7-8,11-17,31H,6,9-10,19,35H2,1-4H3. The summed E-state index contributed by atoms with van der Waals surface area (Å²) >= 11 is 1.80. The highest BCUT2D eigenvalue weighted by atomic mass is 32.2. The molecule has 2 aliphatic rings. The van der Waals surface area contributed by atoms with Gasteiger partial charge in [-0.3, -0.25) is 9.69 Å². The molecule has 0 radical (unpaired) electrons. The molecule has 5 heteroatoms. The van der Waals surface area contributed by atoms with Crippen molar-refractivity contribution in [1.82, 2.24) is 0 Å². The Balaban J connectivity index is 1.62. The predicted octanol–water partition coefficient (Wildman–Crippen LogP) is 7.52. The number of hydrogen-bond donors (Lipinski definition) is 1. The van der Waals surface area contributed by atoms with E-state index >= 15 is 0 Å². The first-order chi connectivity index (χ1) is 18.3. The first kappa shape index (κ1) is 25.9. The molecule has 1 aliphatic heterocycles. The second-order valence-corrected chi connectivity index (χ2v) is 11.4. The van der Waals surface area contributed by atoms with Gasteiger partial charge in [-0.1, -0.05) is 42.0 Å². The van der Waals surface area contributed by atoms with Crippen LogP contribution in [0.3, 0.4) is 0 Å². The molecule has 1 unspecified atom stereocenters. The van der Waals surface area contributed by atoms with Gasteiger partial charge in [0.05, 0.1) is 17.6 Å². The molecule has 0 fully saturated rings. The van der Waals surface area contributed by atoms with Crippen molar-refractivity contribution in [1.29, 1.82) is 5.26 Å². The van der Waals surface area contributed by atoms with Gasteiger partial charge in [0.25, 0.3) is 0 Å². The second-order valence-electron chi connectivity index (χ2n) is 10.4. The fraction of sp³-hybridized carbons (Fsp3) is 0.273. The number of benzene rings is 3. The zero-order valence-electron chi connectivity index (χ0n) is 22.5. The van der Waals surface area contributed by atoms with E-state index in [1.807, 2.05) is 30.0 Å². The van der Waals surface area contributed by atoms with Crippen LogP contribution in [-0.4, -0.2) is 5.78 Å². The SMILES string of the molecule is Cc1ccc(SCc2cc(C3C(C#N)=C(N)N(c4cccc(C)c4)C4=C3C(=O)CCC4)c(C)cc2C)cc1. The van der Waals surface area contributed by atoms with Gasteiger partial charge in [-0.15, -0.1) is 11.8 Å². The molecular formula is C33H33N3OS. The van der Waals surface area contributed by atoms with Gasteiger partial charge in [-0.25, -0.2) is 0 Å². The lowest BCUT2D eigenvalue weighted by molar-refractivity contribution is -0.116. The summed E-state index contributed by atoms with van der Waals surface area (Å²) in [6.07, 6.45) is 2.04. The maximum atomic E-state index is 13.6. The van der Waals surface area contributed by atoms with Crippen molar-refractivity contribution in [2.75, 3.05) is 4.90 Å². The Bertz CT molecular complexity index is 1520. The number of rotatable bonds is 5. The van der Waals surface area contributed by atoms with E-state index in [9.17, 15) is 10.1 Å². The predicted molar refractivity (Wildman–Crippen MR) is 156 cm³/mol. The number of carbonyl (C=O) groups excluding carboxylic acids is 1. The van der Waals surface area contributed by atoms with Gasteiger partial charge in [0, 0.05) is 34.0 Å². The van der Waals surface area contributed by atoms with E-state index in [1.54, 1.807) is 11.8 Å². The van der Waals surface area contributed by atoms with Gasteiger partial charge >= 0.3 is 0 Å². The zero-order valence-corrected chi connectivity index (χ0v) is 23.3. The van der Waals surface area contributed by atoms with Crippen LogP contribution >= 0.6 is 11.8 Å². The molecule has 4 nitrogen and oxygen atoms in total. The molecule has 3 aromatic carbocycles. The minimum absolute atomic E-state index is 0.115. The van der Waals surface area contributed by atoms with E-state index in [0.29, 0.717) is 17.8 Å². The average Bonchev–Trinajstić information content (AvgIpc) is 2.89. The van der Waals surface area contributed by atoms with E-state index in [0.717, 1.165) is 52.2 Å². The third kappa shape index (κ3) is 4.77. The third-order valence-corrected chi connectivity index (χ3v) is 8.68. The van der Waals surface area contributed by atoms with Gasteiger partial charge in [-0.2, -0.15) is 5.26 Å². The Kier molecular flexibility index (Phi) is 7.19. The number of hydrogen-bond acceptors (Lipinski definition) is 5. The number of nitrogens with zero attached hydrogens (tertiary/aromatic N) is 2. The Morgan fingerprint density at radius 3 is 2.45 bits per heavy atom. The summed E-state index contributed by atoms with van der Waals surface area (Å²) in [4.78, 5) is 16.7. The number of nitriles is 1. The van der Waals surface area contributed by atoms with Gasteiger partial charge in [0.1, 0.15) is 5.82 Å². The monoisotopic (exact) mass is 519 g/mol. The number of anilines is 1. The number of allylic oxidation sites excluding steroid dienone is 3. The number of carbonyl (C=O) groups is 1. The number of Topliss-reactive ketones (excluding diaryl/α,β-unsaturated/α-hetero) is 1. The molecule has 0 aromatic heterocycles. The largest absolute Gasteiger partial charge is 0.384 e. The minimum Gasteiger partial charge on any atom is -0.384 e. The topological polar surface area (TPSA) is 70.1 Å². The number of thioether (sulfide) groups is 1. The lowest BCUT2D eigenvalue weighted by atomic mass is 9.74. The number of nitrogens with two attached hydrogens (primary N) is 1. The van der Waals surface area contributed by atoms with Crippen LogP contribution in [0.15, 0.2) is 88.2 Å². The molecule has 0 saturated heterocycles. The quantitative estimate of drug-likeness (QED) is 0.353. The highest BCUT2D eigenvalue weighted by Gasteiger charge is 2.41. The van der Waals surface area contributed by atoms with Gasteiger partial charge < -0.3 is 5.73 Å². The number of ketones is 1. The smallest absolute Gasteiger partial charge is 0.161 e. The first-order valence-electron chi connectivity index (χ1n) is 13.1. The molecule has 2 N–H and O–H groups in total. The fourth-order valence-corrected chi connectivity index (χ4v) is 6.60. The Morgan fingerprint density at radius 2 is 1.74 bits per heavy atom. The molecule has 0 amide bonds. The first-order valence-corrected chi connectivity index (χ1v) is 14.1. The fourth-order valence-electron chi connectivity index (χ4n) is 5.64. The Labute approximate surface area is 229 Å². The van der Waals surface area contributed by atoms with E-state index in [2.05, 4.69) is 69.3 Å².